The van der Waals surface area contributed by atoms with Gasteiger partial charge < -0.3 is 16.4 Å². The minimum absolute atomic E-state index is 0.286. The number of para-hydroxylation sites is 1. The van der Waals surface area contributed by atoms with Crippen LogP contribution in [0.25, 0.3) is 0 Å². The van der Waals surface area contributed by atoms with Crippen LogP contribution in [0, 0.1) is 6.92 Å². The highest BCUT2D eigenvalue weighted by molar-refractivity contribution is 6.39. The molecule has 0 saturated carbocycles. The fraction of sp³-hybridized carbons (Fsp3) is 0.176. The largest absolute Gasteiger partial charge is 0.344 e. The normalized spacial score (nSPS) is 10.1. The molecule has 0 aliphatic carbocycles. The van der Waals surface area contributed by atoms with Crippen molar-refractivity contribution in [3.05, 3.63) is 65.2 Å². The lowest BCUT2D eigenvalue weighted by molar-refractivity contribution is -0.136. The molecule has 0 fully saturated rings. The quantitative estimate of drug-likeness (QED) is 0.751. The van der Waals surface area contributed by atoms with Crippen LogP contribution in [-0.2, 0) is 22.7 Å². The molecule has 0 aromatic heterocycles. The van der Waals surface area contributed by atoms with E-state index in [9.17, 15) is 9.59 Å². The van der Waals surface area contributed by atoms with Crippen molar-refractivity contribution in [3.63, 3.8) is 0 Å². The first-order valence-electron chi connectivity index (χ1n) is 7.03. The molecule has 0 unspecified atom stereocenters. The lowest BCUT2D eigenvalue weighted by Crippen LogP contribution is -2.35. The minimum atomic E-state index is -0.677. The number of anilines is 1. The van der Waals surface area contributed by atoms with Crippen LogP contribution in [0.1, 0.15) is 16.7 Å². The van der Waals surface area contributed by atoms with Gasteiger partial charge in [-0.25, -0.2) is 0 Å². The predicted octanol–water partition coefficient (Wildman–Crippen LogP) is 1.71. The van der Waals surface area contributed by atoms with Gasteiger partial charge in [-0.2, -0.15) is 0 Å². The van der Waals surface area contributed by atoms with Gasteiger partial charge in [0.25, 0.3) is 0 Å². The molecule has 5 heteroatoms. The molecule has 0 heterocycles. The van der Waals surface area contributed by atoms with Crippen molar-refractivity contribution in [1.29, 1.82) is 0 Å². The maximum Gasteiger partial charge on any atom is 0.313 e. The molecule has 2 rings (SSSR count). The fourth-order valence-corrected chi connectivity index (χ4v) is 2.02. The van der Waals surface area contributed by atoms with Crippen molar-refractivity contribution in [2.24, 2.45) is 5.73 Å². The third-order valence-corrected chi connectivity index (χ3v) is 3.28. The minimum Gasteiger partial charge on any atom is -0.344 e. The van der Waals surface area contributed by atoms with Gasteiger partial charge in [0.2, 0.25) is 0 Å². The van der Waals surface area contributed by atoms with Gasteiger partial charge in [0.15, 0.2) is 0 Å². The van der Waals surface area contributed by atoms with Crippen molar-refractivity contribution in [2.75, 3.05) is 5.32 Å². The Hall–Kier alpha value is -2.66. The Morgan fingerprint density at radius 1 is 1.00 bits per heavy atom. The molecule has 0 bridgehead atoms. The van der Waals surface area contributed by atoms with E-state index in [4.69, 9.17) is 5.73 Å². The molecule has 2 aromatic rings. The summed E-state index contributed by atoms with van der Waals surface area (Å²) in [4.78, 5) is 23.7. The third kappa shape index (κ3) is 4.17. The van der Waals surface area contributed by atoms with Crippen molar-refractivity contribution in [1.82, 2.24) is 5.32 Å². The number of aryl methyl sites for hydroxylation is 1. The molecular weight excluding hydrogens is 278 g/mol. The van der Waals surface area contributed by atoms with Gasteiger partial charge >= 0.3 is 11.8 Å². The highest BCUT2D eigenvalue weighted by Crippen LogP contribution is 2.12. The van der Waals surface area contributed by atoms with E-state index in [0.717, 1.165) is 16.7 Å². The number of hydrogen-bond donors (Lipinski definition) is 3. The van der Waals surface area contributed by atoms with Gasteiger partial charge in [0.05, 0.1) is 0 Å². The number of hydrogen-bond acceptors (Lipinski definition) is 3. The lowest BCUT2D eigenvalue weighted by Gasteiger charge is -2.09. The Morgan fingerprint density at radius 3 is 2.45 bits per heavy atom. The lowest BCUT2D eigenvalue weighted by atomic mass is 10.1. The zero-order valence-corrected chi connectivity index (χ0v) is 12.4. The summed E-state index contributed by atoms with van der Waals surface area (Å²) >= 11 is 0. The van der Waals surface area contributed by atoms with Crippen LogP contribution >= 0.6 is 0 Å². The molecule has 0 aliphatic heterocycles. The van der Waals surface area contributed by atoms with E-state index in [1.54, 1.807) is 12.1 Å². The number of rotatable bonds is 4. The molecule has 0 spiro atoms. The van der Waals surface area contributed by atoms with Gasteiger partial charge in [0, 0.05) is 18.8 Å². The predicted molar refractivity (Wildman–Crippen MR) is 86.0 cm³/mol. The number of carbonyl (C=O) groups is 2. The summed E-state index contributed by atoms with van der Waals surface area (Å²) in [7, 11) is 0. The standard InChI is InChI=1S/C17H19N3O2/c1-12-5-2-3-8-15(12)20-17(22)16(21)19-11-14-7-4-6-13(9-14)10-18/h2-9H,10-11,18H2,1H3,(H,19,21)(H,20,22). The Kier molecular flexibility index (Phi) is 5.27. The van der Waals surface area contributed by atoms with E-state index >= 15 is 0 Å². The first-order chi connectivity index (χ1) is 10.6. The van der Waals surface area contributed by atoms with E-state index in [1.807, 2.05) is 43.3 Å². The SMILES string of the molecule is Cc1ccccc1NC(=O)C(=O)NCc1cccc(CN)c1. The van der Waals surface area contributed by atoms with Gasteiger partial charge in [-0.15, -0.1) is 0 Å². The Balaban J connectivity index is 1.91. The summed E-state index contributed by atoms with van der Waals surface area (Å²) in [5.41, 5.74) is 8.99. The molecule has 114 valence electrons. The molecule has 4 N–H and O–H groups in total. The van der Waals surface area contributed by atoms with Crippen molar-refractivity contribution in [2.45, 2.75) is 20.0 Å². The number of carbonyl (C=O) groups excluding carboxylic acids is 2. The second-order valence-electron chi connectivity index (χ2n) is 4.98. The molecule has 0 aliphatic rings. The maximum absolute atomic E-state index is 11.9. The van der Waals surface area contributed by atoms with E-state index in [2.05, 4.69) is 10.6 Å². The van der Waals surface area contributed by atoms with E-state index in [1.165, 1.54) is 0 Å². The smallest absolute Gasteiger partial charge is 0.313 e. The summed E-state index contributed by atoms with van der Waals surface area (Å²) in [5, 5.41) is 5.20. The zero-order chi connectivity index (χ0) is 15.9. The van der Waals surface area contributed by atoms with Crippen LogP contribution in [-0.4, -0.2) is 11.8 Å². The maximum atomic E-state index is 11.9. The van der Waals surface area contributed by atoms with Gasteiger partial charge in [-0.1, -0.05) is 42.5 Å². The summed E-state index contributed by atoms with van der Waals surface area (Å²) in [6.07, 6.45) is 0. The second kappa shape index (κ2) is 7.38. The van der Waals surface area contributed by atoms with Gasteiger partial charge in [-0.05, 0) is 29.7 Å². The average molecular weight is 297 g/mol. The van der Waals surface area contributed by atoms with Crippen LogP contribution < -0.4 is 16.4 Å². The molecule has 0 radical (unpaired) electrons. The second-order valence-corrected chi connectivity index (χ2v) is 4.98. The summed E-state index contributed by atoms with van der Waals surface area (Å²) in [5.74, 6) is -1.34. The van der Waals surface area contributed by atoms with E-state index < -0.39 is 11.8 Å². The van der Waals surface area contributed by atoms with Gasteiger partial charge in [-0.3, -0.25) is 9.59 Å². The monoisotopic (exact) mass is 297 g/mol. The summed E-state index contributed by atoms with van der Waals surface area (Å²) in [6, 6.07) is 14.9. The Labute approximate surface area is 129 Å². The van der Waals surface area contributed by atoms with Crippen LogP contribution in [0.3, 0.4) is 0 Å². The highest BCUT2D eigenvalue weighted by atomic mass is 16.2. The van der Waals surface area contributed by atoms with E-state index in [0.29, 0.717) is 12.2 Å². The number of benzene rings is 2. The molecule has 2 amide bonds. The van der Waals surface area contributed by atoms with Crippen LogP contribution in [0.15, 0.2) is 48.5 Å². The summed E-state index contributed by atoms with van der Waals surface area (Å²) < 4.78 is 0. The first kappa shape index (κ1) is 15.7. The molecule has 0 saturated heterocycles. The first-order valence-corrected chi connectivity index (χ1v) is 7.03. The number of nitrogens with one attached hydrogen (secondary N) is 2. The van der Waals surface area contributed by atoms with E-state index in [-0.39, 0.29) is 6.54 Å². The average Bonchev–Trinajstić information content (AvgIpc) is 2.54. The van der Waals surface area contributed by atoms with Crippen LogP contribution in [0.2, 0.25) is 0 Å². The van der Waals surface area contributed by atoms with Crippen LogP contribution in [0.4, 0.5) is 5.69 Å². The number of nitrogens with two attached hydrogens (primary N) is 1. The topological polar surface area (TPSA) is 84.2 Å². The molecule has 22 heavy (non-hydrogen) atoms. The molecule has 0 atom stereocenters. The Morgan fingerprint density at radius 2 is 1.73 bits per heavy atom. The van der Waals surface area contributed by atoms with Gasteiger partial charge in [0.1, 0.15) is 0 Å². The molecule has 2 aromatic carbocycles. The highest BCUT2D eigenvalue weighted by Gasteiger charge is 2.14. The van der Waals surface area contributed by atoms with Crippen LogP contribution in [0.5, 0.6) is 0 Å². The third-order valence-electron chi connectivity index (χ3n) is 3.28. The van der Waals surface area contributed by atoms with Crippen molar-refractivity contribution >= 4 is 17.5 Å². The fourth-order valence-electron chi connectivity index (χ4n) is 2.02. The summed E-state index contributed by atoms with van der Waals surface area (Å²) in [6.45, 7) is 2.59. The molecule has 5 nitrogen and oxygen atoms in total. The number of amides is 2. The van der Waals surface area contributed by atoms with Crippen molar-refractivity contribution in [3.8, 4) is 0 Å². The molecular formula is C17H19N3O2. The zero-order valence-electron chi connectivity index (χ0n) is 12.4. The van der Waals surface area contributed by atoms with Crippen molar-refractivity contribution < 1.29 is 9.59 Å². The Bertz CT molecular complexity index is 683.